The minimum absolute atomic E-state index is 0.0111. The van der Waals surface area contributed by atoms with Crippen molar-refractivity contribution >= 4 is 32.6 Å². The number of benzene rings is 2. The molecule has 0 aliphatic rings. The molecule has 0 aliphatic heterocycles. The van der Waals surface area contributed by atoms with E-state index < -0.39 is 0 Å². The number of amides is 1. The summed E-state index contributed by atoms with van der Waals surface area (Å²) in [7, 11) is 4.26. The fourth-order valence-corrected chi connectivity index (χ4v) is 4.29. The molecule has 3 aromatic rings. The van der Waals surface area contributed by atoms with E-state index in [4.69, 9.17) is 9.72 Å². The Bertz CT molecular complexity index is 997. The number of ether oxygens (including phenoxy) is 1. The number of anilines is 1. The molecule has 1 N–H and O–H groups in total. The fourth-order valence-electron chi connectivity index (χ4n) is 3.29. The largest absolute Gasteiger partial charge is 0.492 e. The van der Waals surface area contributed by atoms with Gasteiger partial charge in [-0.2, -0.15) is 0 Å². The van der Waals surface area contributed by atoms with E-state index in [1.807, 2.05) is 62.1 Å². The molecular formula is C23H30N3O2S+. The molecule has 3 rings (SSSR count). The fraction of sp³-hybridized carbons (Fsp3) is 0.391. The normalized spacial score (nSPS) is 11.2. The van der Waals surface area contributed by atoms with Crippen LogP contribution in [0.1, 0.15) is 34.8 Å². The van der Waals surface area contributed by atoms with Crippen LogP contribution in [0, 0.1) is 13.8 Å². The molecule has 6 heteroatoms. The number of carbonyl (C=O) groups excluding carboxylic acids is 1. The second-order valence-corrected chi connectivity index (χ2v) is 8.63. The third-order valence-corrected chi connectivity index (χ3v) is 5.87. The second kappa shape index (κ2) is 9.37. The lowest BCUT2D eigenvalue weighted by Gasteiger charge is -2.21. The first-order chi connectivity index (χ1) is 13.9. The molecule has 2 aromatic carbocycles. The molecule has 0 bridgehead atoms. The Balaban J connectivity index is 2.01. The molecule has 0 aliphatic carbocycles. The first-order valence-electron chi connectivity index (χ1n) is 10.1. The molecule has 0 unspecified atom stereocenters. The van der Waals surface area contributed by atoms with Crippen molar-refractivity contribution in [3.8, 4) is 5.75 Å². The van der Waals surface area contributed by atoms with Crippen molar-refractivity contribution in [2.24, 2.45) is 0 Å². The van der Waals surface area contributed by atoms with Gasteiger partial charge in [-0.05, 0) is 44.5 Å². The lowest BCUT2D eigenvalue weighted by molar-refractivity contribution is -0.858. The molecule has 1 amide bonds. The molecule has 0 radical (unpaired) electrons. The van der Waals surface area contributed by atoms with Crippen LogP contribution in [0.5, 0.6) is 5.75 Å². The highest BCUT2D eigenvalue weighted by Crippen LogP contribution is 2.35. The van der Waals surface area contributed by atoms with Crippen molar-refractivity contribution in [1.82, 2.24) is 4.98 Å². The van der Waals surface area contributed by atoms with Crippen LogP contribution in [0.3, 0.4) is 0 Å². The first-order valence-corrected chi connectivity index (χ1v) is 10.9. The van der Waals surface area contributed by atoms with Crippen LogP contribution in [0.2, 0.25) is 0 Å². The summed E-state index contributed by atoms with van der Waals surface area (Å²) in [5.74, 6) is 0.779. The monoisotopic (exact) mass is 412 g/mol. The van der Waals surface area contributed by atoms with E-state index in [0.717, 1.165) is 50.8 Å². The Morgan fingerprint density at radius 1 is 1.21 bits per heavy atom. The maximum atomic E-state index is 13.5. The van der Waals surface area contributed by atoms with E-state index in [2.05, 4.69) is 14.1 Å². The van der Waals surface area contributed by atoms with Crippen LogP contribution in [-0.4, -0.2) is 44.7 Å². The van der Waals surface area contributed by atoms with Crippen molar-refractivity contribution in [3.05, 3.63) is 53.1 Å². The topological polar surface area (TPSA) is 46.9 Å². The third kappa shape index (κ3) is 4.95. The van der Waals surface area contributed by atoms with Crippen LogP contribution in [0.25, 0.3) is 10.2 Å². The Morgan fingerprint density at radius 3 is 2.72 bits per heavy atom. The molecular weight excluding hydrogens is 382 g/mol. The molecule has 0 saturated heterocycles. The summed E-state index contributed by atoms with van der Waals surface area (Å²) in [4.78, 5) is 21.6. The highest BCUT2D eigenvalue weighted by atomic mass is 32.1. The number of aromatic nitrogens is 1. The maximum Gasteiger partial charge on any atom is 0.260 e. The number of hydrogen-bond acceptors (Lipinski definition) is 4. The summed E-state index contributed by atoms with van der Waals surface area (Å²) in [5.41, 5.74) is 3.64. The minimum Gasteiger partial charge on any atom is -0.492 e. The van der Waals surface area contributed by atoms with Gasteiger partial charge in [-0.3, -0.25) is 9.69 Å². The third-order valence-electron chi connectivity index (χ3n) is 4.83. The smallest absolute Gasteiger partial charge is 0.260 e. The molecule has 0 spiro atoms. The SMILES string of the molecule is CCOc1cccc2sc(N(CCC[NH+](C)C)C(=O)c3cc(C)ccc3C)nc12. The van der Waals surface area contributed by atoms with E-state index in [1.165, 1.54) is 4.90 Å². The number of quaternary nitrogens is 1. The van der Waals surface area contributed by atoms with E-state index >= 15 is 0 Å². The van der Waals surface area contributed by atoms with Gasteiger partial charge in [0.15, 0.2) is 5.13 Å². The number of rotatable bonds is 8. The van der Waals surface area contributed by atoms with Gasteiger partial charge in [0.1, 0.15) is 11.3 Å². The van der Waals surface area contributed by atoms with Gasteiger partial charge in [-0.15, -0.1) is 0 Å². The maximum absolute atomic E-state index is 13.5. The zero-order chi connectivity index (χ0) is 21.0. The second-order valence-electron chi connectivity index (χ2n) is 7.62. The van der Waals surface area contributed by atoms with Crippen molar-refractivity contribution in [3.63, 3.8) is 0 Å². The number of fused-ring (bicyclic) bond motifs is 1. The van der Waals surface area contributed by atoms with Gasteiger partial charge in [0.05, 0.1) is 31.9 Å². The average Bonchev–Trinajstić information content (AvgIpc) is 3.11. The summed E-state index contributed by atoms with van der Waals surface area (Å²) >= 11 is 1.54. The van der Waals surface area contributed by atoms with E-state index in [0.29, 0.717) is 13.2 Å². The number of thiazole rings is 1. The van der Waals surface area contributed by atoms with E-state index in [1.54, 1.807) is 11.3 Å². The summed E-state index contributed by atoms with van der Waals surface area (Å²) in [5, 5.41) is 0.729. The Morgan fingerprint density at radius 2 is 2.00 bits per heavy atom. The number of carbonyl (C=O) groups is 1. The van der Waals surface area contributed by atoms with Crippen LogP contribution in [0.4, 0.5) is 5.13 Å². The zero-order valence-corrected chi connectivity index (χ0v) is 18.7. The molecule has 1 heterocycles. The summed E-state index contributed by atoms with van der Waals surface area (Å²) in [6, 6.07) is 12.0. The van der Waals surface area contributed by atoms with Crippen molar-refractivity contribution < 1.29 is 14.4 Å². The van der Waals surface area contributed by atoms with Crippen molar-refractivity contribution in [2.75, 3.05) is 38.7 Å². The minimum atomic E-state index is 0.0111. The van der Waals surface area contributed by atoms with Crippen molar-refractivity contribution in [1.29, 1.82) is 0 Å². The van der Waals surface area contributed by atoms with Gasteiger partial charge in [0.2, 0.25) is 0 Å². The molecule has 29 heavy (non-hydrogen) atoms. The number of nitrogens with one attached hydrogen (secondary N) is 1. The van der Waals surface area contributed by atoms with Gasteiger partial charge >= 0.3 is 0 Å². The lowest BCUT2D eigenvalue weighted by Crippen LogP contribution is -3.05. The Kier molecular flexibility index (Phi) is 6.87. The molecule has 154 valence electrons. The average molecular weight is 413 g/mol. The molecule has 0 atom stereocenters. The van der Waals surface area contributed by atoms with Crippen LogP contribution >= 0.6 is 11.3 Å². The molecule has 5 nitrogen and oxygen atoms in total. The standard InChI is InChI=1S/C23H29N3O2S/c1-6-28-19-9-7-10-20-21(19)24-23(29-20)26(14-8-13-25(4)5)22(27)18-15-16(2)11-12-17(18)3/h7,9-12,15H,6,8,13-14H2,1-5H3/p+1. The van der Waals surface area contributed by atoms with E-state index in [-0.39, 0.29) is 5.91 Å². The molecule has 1 aromatic heterocycles. The summed E-state index contributed by atoms with van der Waals surface area (Å²) in [6.45, 7) is 8.18. The zero-order valence-electron chi connectivity index (χ0n) is 17.9. The van der Waals surface area contributed by atoms with Crippen LogP contribution < -0.4 is 14.5 Å². The van der Waals surface area contributed by atoms with Gasteiger partial charge in [0, 0.05) is 18.5 Å². The number of hydrogen-bond donors (Lipinski definition) is 1. The Hall–Kier alpha value is -2.44. The number of nitrogens with zero attached hydrogens (tertiary/aromatic N) is 2. The van der Waals surface area contributed by atoms with Gasteiger partial charge in [0.25, 0.3) is 5.91 Å². The van der Waals surface area contributed by atoms with Gasteiger partial charge < -0.3 is 9.64 Å². The van der Waals surface area contributed by atoms with Gasteiger partial charge in [-0.1, -0.05) is 35.1 Å². The molecule has 0 saturated carbocycles. The predicted octanol–water partition coefficient (Wildman–Crippen LogP) is 3.49. The summed E-state index contributed by atoms with van der Waals surface area (Å²) in [6.07, 6.45) is 0.910. The molecule has 0 fully saturated rings. The summed E-state index contributed by atoms with van der Waals surface area (Å²) < 4.78 is 6.77. The lowest BCUT2D eigenvalue weighted by atomic mass is 10.0. The highest BCUT2D eigenvalue weighted by molar-refractivity contribution is 7.22. The van der Waals surface area contributed by atoms with Crippen LogP contribution in [0.15, 0.2) is 36.4 Å². The van der Waals surface area contributed by atoms with Crippen molar-refractivity contribution in [2.45, 2.75) is 27.2 Å². The van der Waals surface area contributed by atoms with Gasteiger partial charge in [-0.25, -0.2) is 4.98 Å². The van der Waals surface area contributed by atoms with Crippen LogP contribution in [-0.2, 0) is 0 Å². The first kappa shape index (κ1) is 21.3. The Labute approximate surface area is 176 Å². The quantitative estimate of drug-likeness (QED) is 0.616. The van der Waals surface area contributed by atoms with E-state index in [9.17, 15) is 4.79 Å². The predicted molar refractivity (Wildman–Crippen MR) is 121 cm³/mol. The number of para-hydroxylation sites is 1. The highest BCUT2D eigenvalue weighted by Gasteiger charge is 2.23. The number of aryl methyl sites for hydroxylation is 2.